The highest BCUT2D eigenvalue weighted by atomic mass is 35.5. The van der Waals surface area contributed by atoms with Crippen LogP contribution in [-0.2, 0) is 0 Å². The second kappa shape index (κ2) is 5.25. The van der Waals surface area contributed by atoms with E-state index in [2.05, 4.69) is 15.3 Å². The van der Waals surface area contributed by atoms with Crippen molar-refractivity contribution in [3.63, 3.8) is 0 Å². The number of hydrogen-bond acceptors (Lipinski definition) is 6. The Bertz CT molecular complexity index is 1130. The largest absolute Gasteiger partial charge is 0.365 e. The minimum Gasteiger partial charge on any atom is -0.365 e. The molecule has 0 saturated heterocycles. The van der Waals surface area contributed by atoms with E-state index in [1.807, 2.05) is 26.0 Å². The number of rotatable bonds is 2. The van der Waals surface area contributed by atoms with E-state index in [0.29, 0.717) is 20.9 Å². The number of halogens is 1. The molecule has 3 aromatic heterocycles. The Hall–Kier alpha value is -2.51. The number of thiophene rings is 1. The van der Waals surface area contributed by atoms with Crippen molar-refractivity contribution in [2.75, 3.05) is 0 Å². The van der Waals surface area contributed by atoms with Crippen molar-refractivity contribution in [3.05, 3.63) is 39.4 Å². The number of benzene rings is 1. The molecule has 0 aliphatic heterocycles. The van der Waals surface area contributed by atoms with Crippen molar-refractivity contribution in [1.29, 1.82) is 0 Å². The summed E-state index contributed by atoms with van der Waals surface area (Å²) in [5, 5.41) is 9.07. The molecule has 120 valence electrons. The van der Waals surface area contributed by atoms with E-state index < -0.39 is 5.91 Å². The Morgan fingerprint density at radius 3 is 2.75 bits per heavy atom. The number of carbonyl (C=O) groups is 1. The first-order valence-electron chi connectivity index (χ1n) is 7.09. The van der Waals surface area contributed by atoms with Crippen LogP contribution in [0, 0.1) is 13.8 Å². The Morgan fingerprint density at radius 2 is 2.00 bits per heavy atom. The molecule has 0 unspecified atom stereocenters. The van der Waals surface area contributed by atoms with Crippen LogP contribution in [0.3, 0.4) is 0 Å². The second-order valence-electron chi connectivity index (χ2n) is 5.45. The number of nitrogens with two attached hydrogens (primary N) is 1. The SMILES string of the molecule is Cc1nc2sc(C(N)=O)c(-c3ccc4nonc4c3)c2c(C)c1Cl. The van der Waals surface area contributed by atoms with Gasteiger partial charge in [-0.15, -0.1) is 11.3 Å². The van der Waals surface area contributed by atoms with Gasteiger partial charge in [0.2, 0.25) is 0 Å². The maximum Gasteiger partial charge on any atom is 0.259 e. The number of nitrogens with zero attached hydrogens (tertiary/aromatic N) is 3. The molecule has 1 amide bonds. The van der Waals surface area contributed by atoms with Gasteiger partial charge in [-0.2, -0.15) is 0 Å². The highest BCUT2D eigenvalue weighted by molar-refractivity contribution is 7.21. The molecule has 2 N–H and O–H groups in total. The zero-order valence-corrected chi connectivity index (χ0v) is 14.3. The molecule has 0 atom stereocenters. The molecule has 0 aliphatic carbocycles. The predicted molar refractivity (Wildman–Crippen MR) is 93.4 cm³/mol. The van der Waals surface area contributed by atoms with E-state index in [1.54, 1.807) is 6.07 Å². The fraction of sp³-hybridized carbons (Fsp3) is 0.125. The first-order chi connectivity index (χ1) is 11.5. The van der Waals surface area contributed by atoms with Crippen LogP contribution >= 0.6 is 22.9 Å². The summed E-state index contributed by atoms with van der Waals surface area (Å²) in [7, 11) is 0. The Balaban J connectivity index is 2.13. The van der Waals surface area contributed by atoms with Gasteiger partial charge in [-0.05, 0) is 47.4 Å². The van der Waals surface area contributed by atoms with Crippen LogP contribution in [0.2, 0.25) is 5.02 Å². The molecular weight excluding hydrogens is 348 g/mol. The van der Waals surface area contributed by atoms with Gasteiger partial charge in [-0.1, -0.05) is 17.7 Å². The number of carbonyl (C=O) groups excluding carboxylic acids is 1. The lowest BCUT2D eigenvalue weighted by Gasteiger charge is -2.07. The topological polar surface area (TPSA) is 94.9 Å². The fourth-order valence-electron chi connectivity index (χ4n) is 2.81. The van der Waals surface area contributed by atoms with Gasteiger partial charge in [0.25, 0.3) is 5.91 Å². The van der Waals surface area contributed by atoms with E-state index in [1.165, 1.54) is 11.3 Å². The van der Waals surface area contributed by atoms with Crippen LogP contribution in [-0.4, -0.2) is 21.2 Å². The van der Waals surface area contributed by atoms with Crippen LogP contribution in [0.5, 0.6) is 0 Å². The molecule has 6 nitrogen and oxygen atoms in total. The van der Waals surface area contributed by atoms with Gasteiger partial charge in [0.15, 0.2) is 0 Å². The van der Waals surface area contributed by atoms with Crippen molar-refractivity contribution in [2.24, 2.45) is 5.73 Å². The lowest BCUT2D eigenvalue weighted by Crippen LogP contribution is -2.09. The molecule has 0 saturated carbocycles. The molecule has 1 aromatic carbocycles. The summed E-state index contributed by atoms with van der Waals surface area (Å²) in [5.41, 5.74) is 9.95. The van der Waals surface area contributed by atoms with Crippen LogP contribution in [0.1, 0.15) is 20.9 Å². The maximum absolute atomic E-state index is 12.0. The van der Waals surface area contributed by atoms with E-state index in [4.69, 9.17) is 22.0 Å². The molecule has 0 spiro atoms. The zero-order chi connectivity index (χ0) is 17.0. The quantitative estimate of drug-likeness (QED) is 0.587. The summed E-state index contributed by atoms with van der Waals surface area (Å²) in [5.74, 6) is -0.500. The molecule has 0 aliphatic rings. The van der Waals surface area contributed by atoms with Gasteiger partial charge in [0.1, 0.15) is 20.7 Å². The smallest absolute Gasteiger partial charge is 0.259 e. The first-order valence-corrected chi connectivity index (χ1v) is 8.28. The third-order valence-corrected chi connectivity index (χ3v) is 5.60. The molecule has 0 fully saturated rings. The van der Waals surface area contributed by atoms with E-state index >= 15 is 0 Å². The van der Waals surface area contributed by atoms with Crippen molar-refractivity contribution >= 4 is 50.1 Å². The number of aromatic nitrogens is 3. The van der Waals surface area contributed by atoms with Crippen molar-refractivity contribution in [1.82, 2.24) is 15.3 Å². The predicted octanol–water partition coefficient (Wildman–Crippen LogP) is 3.87. The number of pyridine rings is 1. The van der Waals surface area contributed by atoms with Crippen molar-refractivity contribution in [3.8, 4) is 11.1 Å². The lowest BCUT2D eigenvalue weighted by molar-refractivity contribution is 0.100. The summed E-state index contributed by atoms with van der Waals surface area (Å²) in [4.78, 5) is 17.7. The van der Waals surface area contributed by atoms with Crippen LogP contribution in [0.15, 0.2) is 22.8 Å². The van der Waals surface area contributed by atoms with Crippen LogP contribution in [0.25, 0.3) is 32.4 Å². The van der Waals surface area contributed by atoms with Gasteiger partial charge in [-0.25, -0.2) is 9.61 Å². The molecule has 0 bridgehead atoms. The first kappa shape index (κ1) is 15.0. The molecule has 8 heteroatoms. The lowest BCUT2D eigenvalue weighted by atomic mass is 9.99. The second-order valence-corrected chi connectivity index (χ2v) is 6.83. The van der Waals surface area contributed by atoms with Gasteiger partial charge in [-0.3, -0.25) is 4.79 Å². The van der Waals surface area contributed by atoms with Crippen LogP contribution < -0.4 is 5.73 Å². The molecule has 4 rings (SSSR count). The maximum atomic E-state index is 12.0. The number of primary amides is 1. The summed E-state index contributed by atoms with van der Waals surface area (Å²) in [6.07, 6.45) is 0. The summed E-state index contributed by atoms with van der Waals surface area (Å²) >= 11 is 7.64. The Morgan fingerprint density at radius 1 is 1.25 bits per heavy atom. The van der Waals surface area contributed by atoms with Gasteiger partial charge < -0.3 is 5.73 Å². The summed E-state index contributed by atoms with van der Waals surface area (Å²) in [6.45, 7) is 3.75. The van der Waals surface area contributed by atoms with Gasteiger partial charge in [0.05, 0.1) is 10.7 Å². The number of aryl methyl sites for hydroxylation is 2. The minimum atomic E-state index is -0.500. The van der Waals surface area contributed by atoms with Crippen molar-refractivity contribution in [2.45, 2.75) is 13.8 Å². The Labute approximate surface area is 145 Å². The molecular formula is C16H11ClN4O2S. The zero-order valence-electron chi connectivity index (χ0n) is 12.8. The summed E-state index contributed by atoms with van der Waals surface area (Å²) < 4.78 is 4.74. The average Bonchev–Trinajstić information content (AvgIpc) is 3.15. The Kier molecular flexibility index (Phi) is 3.29. The van der Waals surface area contributed by atoms with Gasteiger partial charge in [0, 0.05) is 10.9 Å². The molecule has 3 heterocycles. The monoisotopic (exact) mass is 358 g/mol. The minimum absolute atomic E-state index is 0.443. The van der Waals surface area contributed by atoms with Crippen molar-refractivity contribution < 1.29 is 9.42 Å². The highest BCUT2D eigenvalue weighted by Crippen LogP contribution is 2.42. The number of amides is 1. The van der Waals surface area contributed by atoms with E-state index in [9.17, 15) is 4.79 Å². The summed E-state index contributed by atoms with van der Waals surface area (Å²) in [6, 6.07) is 5.45. The third-order valence-electron chi connectivity index (χ3n) is 3.95. The third kappa shape index (κ3) is 2.09. The molecule has 0 radical (unpaired) electrons. The molecule has 24 heavy (non-hydrogen) atoms. The molecule has 4 aromatic rings. The van der Waals surface area contributed by atoms with E-state index in [-0.39, 0.29) is 0 Å². The van der Waals surface area contributed by atoms with E-state index in [0.717, 1.165) is 32.6 Å². The highest BCUT2D eigenvalue weighted by Gasteiger charge is 2.22. The van der Waals surface area contributed by atoms with Crippen LogP contribution in [0.4, 0.5) is 0 Å². The standard InChI is InChI=1S/C16H11ClN4O2S/c1-6-11-12(8-3-4-9-10(5-8)21-23-20-9)14(15(18)22)24-16(11)19-7(2)13(6)17/h3-5H,1-2H3,(H2,18,22). The fourth-order valence-corrected chi connectivity index (χ4v) is 4.11. The van der Waals surface area contributed by atoms with Gasteiger partial charge >= 0.3 is 0 Å². The number of fused-ring (bicyclic) bond motifs is 2. The average molecular weight is 359 g/mol. The number of hydrogen-bond donors (Lipinski definition) is 1. The normalized spacial score (nSPS) is 11.5.